The zero-order chi connectivity index (χ0) is 19.5. The highest BCUT2D eigenvalue weighted by molar-refractivity contribution is 6.34. The maximum Gasteiger partial charge on any atom is 0.296 e. The lowest BCUT2D eigenvalue weighted by atomic mass is 10.1. The molecular formula is C18H22ClN5O4. The number of nitrogens with zero attached hydrogens (tertiary/aromatic N) is 2. The van der Waals surface area contributed by atoms with Crippen LogP contribution in [-0.2, 0) is 14.2 Å². The monoisotopic (exact) mass is 407 g/mol. The Labute approximate surface area is 166 Å². The molecule has 0 saturated carbocycles. The van der Waals surface area contributed by atoms with Gasteiger partial charge in [0.2, 0.25) is 0 Å². The maximum atomic E-state index is 7.66. The summed E-state index contributed by atoms with van der Waals surface area (Å²) < 4.78 is 22.3. The smallest absolute Gasteiger partial charge is 0.296 e. The number of fused-ring (bicyclic) bond motifs is 2. The first-order valence-corrected chi connectivity index (χ1v) is 9.47. The quantitative estimate of drug-likeness (QED) is 0.451. The molecule has 150 valence electrons. The SMILES string of the molecule is COCCN/C=C(\C=N)c1nc2nc(OC3CO[C@@H]4CCO[C@H]34)[nH]c2cc1Cl. The van der Waals surface area contributed by atoms with Crippen molar-refractivity contribution in [3.63, 3.8) is 0 Å². The van der Waals surface area contributed by atoms with Crippen LogP contribution in [0, 0.1) is 5.41 Å². The van der Waals surface area contributed by atoms with Gasteiger partial charge < -0.3 is 34.7 Å². The average molecular weight is 408 g/mol. The molecule has 2 saturated heterocycles. The van der Waals surface area contributed by atoms with E-state index in [1.54, 1.807) is 19.4 Å². The van der Waals surface area contributed by atoms with Gasteiger partial charge in [-0.2, -0.15) is 4.98 Å². The summed E-state index contributed by atoms with van der Waals surface area (Å²) in [6.45, 7) is 2.33. The van der Waals surface area contributed by atoms with Gasteiger partial charge in [-0.25, -0.2) is 4.98 Å². The van der Waals surface area contributed by atoms with Crippen molar-refractivity contribution < 1.29 is 18.9 Å². The van der Waals surface area contributed by atoms with Crippen LogP contribution >= 0.6 is 11.6 Å². The predicted molar refractivity (Wildman–Crippen MR) is 104 cm³/mol. The lowest BCUT2D eigenvalue weighted by Gasteiger charge is -2.15. The number of allylic oxidation sites excluding steroid dienone is 1. The topological polar surface area (TPSA) is 114 Å². The molecule has 2 fully saturated rings. The van der Waals surface area contributed by atoms with Crippen molar-refractivity contribution in [3.05, 3.63) is 23.0 Å². The Morgan fingerprint density at radius 1 is 1.46 bits per heavy atom. The van der Waals surface area contributed by atoms with Crippen molar-refractivity contribution in [2.45, 2.75) is 24.7 Å². The minimum absolute atomic E-state index is 0.0639. The number of aromatic nitrogens is 3. The molecule has 0 spiro atoms. The Bertz CT molecular complexity index is 886. The number of imidazole rings is 1. The molecule has 4 rings (SSSR count). The van der Waals surface area contributed by atoms with Crippen molar-refractivity contribution >= 4 is 34.6 Å². The van der Waals surface area contributed by atoms with Crippen LogP contribution in [0.5, 0.6) is 6.01 Å². The Hall–Kier alpha value is -2.20. The van der Waals surface area contributed by atoms with E-state index >= 15 is 0 Å². The molecule has 1 unspecified atom stereocenters. The number of rotatable bonds is 8. The van der Waals surface area contributed by atoms with Gasteiger partial charge in [0.15, 0.2) is 11.8 Å². The highest BCUT2D eigenvalue weighted by Gasteiger charge is 2.43. The highest BCUT2D eigenvalue weighted by Crippen LogP contribution is 2.30. The first-order valence-electron chi connectivity index (χ1n) is 9.09. The second-order valence-corrected chi connectivity index (χ2v) is 6.98. The van der Waals surface area contributed by atoms with Crippen LogP contribution in [0.4, 0.5) is 0 Å². The van der Waals surface area contributed by atoms with Gasteiger partial charge in [-0.1, -0.05) is 11.6 Å². The van der Waals surface area contributed by atoms with Crippen LogP contribution in [0.25, 0.3) is 16.7 Å². The van der Waals surface area contributed by atoms with E-state index in [1.807, 2.05) is 0 Å². The zero-order valence-electron chi connectivity index (χ0n) is 15.4. The van der Waals surface area contributed by atoms with Gasteiger partial charge in [-0.3, -0.25) is 0 Å². The summed E-state index contributed by atoms with van der Waals surface area (Å²) in [5, 5.41) is 11.1. The Morgan fingerprint density at radius 2 is 2.36 bits per heavy atom. The molecule has 0 bridgehead atoms. The summed E-state index contributed by atoms with van der Waals surface area (Å²) in [5.74, 6) is 0. The van der Waals surface area contributed by atoms with Gasteiger partial charge in [0.1, 0.15) is 6.10 Å². The molecule has 2 aliphatic heterocycles. The van der Waals surface area contributed by atoms with E-state index in [1.165, 1.54) is 6.21 Å². The molecule has 28 heavy (non-hydrogen) atoms. The van der Waals surface area contributed by atoms with Gasteiger partial charge in [0.05, 0.1) is 35.6 Å². The van der Waals surface area contributed by atoms with Crippen LogP contribution < -0.4 is 10.1 Å². The number of nitrogens with one attached hydrogen (secondary N) is 3. The van der Waals surface area contributed by atoms with E-state index in [4.69, 9.17) is 36.0 Å². The molecular weight excluding hydrogens is 386 g/mol. The third kappa shape index (κ3) is 3.83. The van der Waals surface area contributed by atoms with Crippen molar-refractivity contribution in [1.82, 2.24) is 20.3 Å². The molecule has 10 heteroatoms. The highest BCUT2D eigenvalue weighted by atomic mass is 35.5. The zero-order valence-corrected chi connectivity index (χ0v) is 16.2. The summed E-state index contributed by atoms with van der Waals surface area (Å²) >= 11 is 6.38. The van der Waals surface area contributed by atoms with Crippen LogP contribution in [-0.4, -0.2) is 73.0 Å². The number of pyridine rings is 1. The van der Waals surface area contributed by atoms with E-state index in [9.17, 15) is 0 Å². The predicted octanol–water partition coefficient (Wildman–Crippen LogP) is 1.77. The molecule has 3 atom stereocenters. The van der Waals surface area contributed by atoms with Gasteiger partial charge in [-0.05, 0) is 12.5 Å². The molecule has 0 aromatic carbocycles. The van der Waals surface area contributed by atoms with E-state index in [-0.39, 0.29) is 18.3 Å². The van der Waals surface area contributed by atoms with Crippen LogP contribution in [0.1, 0.15) is 12.1 Å². The molecule has 2 aromatic heterocycles. The number of hydrogen-bond donors (Lipinski definition) is 3. The fraction of sp³-hybridized carbons (Fsp3) is 0.500. The van der Waals surface area contributed by atoms with E-state index in [2.05, 4.69) is 20.3 Å². The fourth-order valence-electron chi connectivity index (χ4n) is 3.35. The molecule has 0 aliphatic carbocycles. The Balaban J connectivity index is 1.54. The van der Waals surface area contributed by atoms with Gasteiger partial charge >= 0.3 is 0 Å². The Kier molecular flexibility index (Phi) is 5.77. The summed E-state index contributed by atoms with van der Waals surface area (Å²) in [4.78, 5) is 12.0. The minimum atomic E-state index is -0.204. The molecule has 2 aliphatic rings. The lowest BCUT2D eigenvalue weighted by molar-refractivity contribution is 0.0273. The van der Waals surface area contributed by atoms with E-state index < -0.39 is 0 Å². The number of H-pyrrole nitrogens is 1. The van der Waals surface area contributed by atoms with Crippen molar-refractivity contribution in [2.24, 2.45) is 0 Å². The number of halogens is 1. The second-order valence-electron chi connectivity index (χ2n) is 6.58. The van der Waals surface area contributed by atoms with Gasteiger partial charge in [-0.15, -0.1) is 0 Å². The number of methoxy groups -OCH3 is 1. The first-order chi connectivity index (χ1) is 13.7. The van der Waals surface area contributed by atoms with Crippen molar-refractivity contribution in [1.29, 1.82) is 5.41 Å². The minimum Gasteiger partial charge on any atom is -0.456 e. The van der Waals surface area contributed by atoms with Gasteiger partial charge in [0.25, 0.3) is 6.01 Å². The van der Waals surface area contributed by atoms with Crippen LogP contribution in [0.15, 0.2) is 12.3 Å². The average Bonchev–Trinajstić information content (AvgIpc) is 3.38. The van der Waals surface area contributed by atoms with Crippen LogP contribution in [0.2, 0.25) is 5.02 Å². The van der Waals surface area contributed by atoms with E-state index in [0.29, 0.717) is 59.8 Å². The number of ether oxygens (including phenoxy) is 4. The molecule has 9 nitrogen and oxygen atoms in total. The van der Waals surface area contributed by atoms with Crippen molar-refractivity contribution in [2.75, 3.05) is 33.5 Å². The first kappa shape index (κ1) is 19.1. The third-order valence-corrected chi connectivity index (χ3v) is 5.01. The van der Waals surface area contributed by atoms with Crippen molar-refractivity contribution in [3.8, 4) is 6.01 Å². The molecule has 0 radical (unpaired) electrons. The molecule has 4 heterocycles. The Morgan fingerprint density at radius 3 is 3.18 bits per heavy atom. The fourth-order valence-corrected chi connectivity index (χ4v) is 3.61. The summed E-state index contributed by atoms with van der Waals surface area (Å²) in [6, 6.07) is 2.07. The molecule has 0 amide bonds. The van der Waals surface area contributed by atoms with E-state index in [0.717, 1.165) is 6.42 Å². The number of aromatic amines is 1. The third-order valence-electron chi connectivity index (χ3n) is 4.73. The van der Waals surface area contributed by atoms with Gasteiger partial charge in [0, 0.05) is 38.2 Å². The molecule has 3 N–H and O–H groups in total. The summed E-state index contributed by atoms with van der Waals surface area (Å²) in [5.41, 5.74) is 2.13. The largest absolute Gasteiger partial charge is 0.456 e. The summed E-state index contributed by atoms with van der Waals surface area (Å²) in [7, 11) is 1.63. The maximum absolute atomic E-state index is 7.66. The normalized spacial score (nSPS) is 24.5. The number of hydrogen-bond acceptors (Lipinski definition) is 8. The summed E-state index contributed by atoms with van der Waals surface area (Å²) in [6.07, 6.45) is 3.60. The molecule has 2 aromatic rings. The second kappa shape index (κ2) is 8.44. The van der Waals surface area contributed by atoms with Crippen LogP contribution in [0.3, 0.4) is 0 Å². The standard InChI is InChI=1S/C18H22ClN5O4/c1-25-5-3-21-8-10(7-20)15-11(19)6-12-17(23-15)24-18(22-12)28-14-9-27-13-2-4-26-16(13)14/h6-8,13-14,16,20-21H,2-5,9H2,1H3,(H,22,23,24)/b10-8+,20-7?/t13-,14?,16+/m1/s1. The lowest BCUT2D eigenvalue weighted by Crippen LogP contribution is -2.32.